The molecule has 0 N–H and O–H groups in total. The molecule has 18 rings (SSSR count). The van der Waals surface area contributed by atoms with E-state index in [-0.39, 0.29) is 0 Å². The zero-order valence-corrected chi connectivity index (χ0v) is 50.2. The van der Waals surface area contributed by atoms with Gasteiger partial charge in [-0.3, -0.25) is 0 Å². The molecule has 0 unspecified atom stereocenters. The smallest absolute Gasteiger partial charge is 0.161 e. The molecule has 5 heterocycles. The van der Waals surface area contributed by atoms with Crippen LogP contribution in [0.3, 0.4) is 0 Å². The summed E-state index contributed by atoms with van der Waals surface area (Å²) in [6.45, 7) is 0. The summed E-state index contributed by atoms with van der Waals surface area (Å²) < 4.78 is 3.64. The Morgan fingerprint density at radius 3 is 1.07 bits per heavy atom. The summed E-state index contributed by atoms with van der Waals surface area (Å²) in [5.41, 5.74) is 15.3. The Morgan fingerprint density at radius 2 is 0.562 bits per heavy atom. The fourth-order valence-electron chi connectivity index (χ4n) is 12.5. The Kier molecular flexibility index (Phi) is 13.0. The third-order valence-electron chi connectivity index (χ3n) is 16.9. The van der Waals surface area contributed by atoms with Gasteiger partial charge in [0.25, 0.3) is 0 Å². The number of fused-ring (bicyclic) bond motifs is 13. The van der Waals surface area contributed by atoms with E-state index >= 15 is 0 Å². The minimum Gasteiger partial charge on any atom is -0.236 e. The normalized spacial score (nSPS) is 11.6. The van der Waals surface area contributed by atoms with Crippen LogP contribution in [0.4, 0.5) is 0 Å². The highest BCUT2D eigenvalue weighted by molar-refractivity contribution is 7.26. The molecule has 0 amide bonds. The predicted molar refractivity (Wildman–Crippen MR) is 379 cm³/mol. The van der Waals surface area contributed by atoms with Gasteiger partial charge >= 0.3 is 0 Å². The summed E-state index contributed by atoms with van der Waals surface area (Å²) in [5.74, 6) is 1.48. The van der Waals surface area contributed by atoms with E-state index in [1.54, 1.807) is 34.0 Å². The van der Waals surface area contributed by atoms with Gasteiger partial charge in [-0.15, -0.1) is 34.0 Å². The van der Waals surface area contributed by atoms with Crippen molar-refractivity contribution in [1.29, 1.82) is 0 Å². The highest BCUT2D eigenvalue weighted by atomic mass is 32.1. The van der Waals surface area contributed by atoms with Crippen LogP contribution < -0.4 is 0 Å². The van der Waals surface area contributed by atoms with Crippen LogP contribution in [0.5, 0.6) is 0 Å². The third-order valence-corrected chi connectivity index (χ3v) is 20.1. The zero-order chi connectivity index (χ0) is 58.8. The van der Waals surface area contributed by atoms with Crippen molar-refractivity contribution >= 4 is 117 Å². The minimum absolute atomic E-state index is 0.738. The van der Waals surface area contributed by atoms with Crippen molar-refractivity contribution in [2.45, 2.75) is 0 Å². The maximum atomic E-state index is 5.30. The Balaban J connectivity index is 0.000000141. The Morgan fingerprint density at radius 1 is 0.202 bits per heavy atom. The molecule has 0 atom stereocenters. The van der Waals surface area contributed by atoms with Crippen LogP contribution >= 0.6 is 34.0 Å². The summed E-state index contributed by atoms with van der Waals surface area (Å²) in [6, 6.07) is 105. The molecule has 0 radical (unpaired) electrons. The number of rotatable bonds is 8. The lowest BCUT2D eigenvalue weighted by Gasteiger charge is -2.12. The van der Waals surface area contributed by atoms with Crippen LogP contribution in [-0.2, 0) is 0 Å². The standard InChI is InChI=1S/C46H28N2S.C35H21N3S2/c1-2-11-29(12-3-1)32-13-10-14-34(27-32)45-47-44(43-40-19-8-9-20-42(40)49-46(43)48-45)31-23-21-30(22-24-31)33-25-26-39-37-17-5-4-15-35(37)36-16-6-7-18-38(36)41(39)28-33;1-2-9-22(10-3-1)25-11-8-12-26(21-25)33-37-32(31-27-13-4-6-15-29(27)39-35(31)38-33)23-17-19-24(20-18-23)34-36-28-14-5-7-16-30(28)40-34/h1-28H;1-21H. The monoisotopic (exact) mass is 1190 g/mol. The zero-order valence-electron chi connectivity index (χ0n) is 47.8. The molecule has 13 aromatic carbocycles. The van der Waals surface area contributed by atoms with E-state index in [1.807, 2.05) is 18.2 Å². The van der Waals surface area contributed by atoms with Gasteiger partial charge in [0.2, 0.25) is 0 Å². The number of thiazole rings is 1. The van der Waals surface area contributed by atoms with Gasteiger partial charge in [-0.05, 0) is 108 Å². The topological polar surface area (TPSA) is 64.5 Å². The second-order valence-corrected chi connectivity index (χ2v) is 25.3. The van der Waals surface area contributed by atoms with Gasteiger partial charge in [0, 0.05) is 58.8 Å². The maximum Gasteiger partial charge on any atom is 0.161 e. The first-order valence-corrected chi connectivity index (χ1v) is 32.1. The van der Waals surface area contributed by atoms with Gasteiger partial charge in [0.1, 0.15) is 14.7 Å². The fraction of sp³-hybridized carbons (Fsp3) is 0. The summed E-state index contributed by atoms with van der Waals surface area (Å²) in [5, 5.41) is 13.4. The Hall–Kier alpha value is -10.9. The lowest BCUT2D eigenvalue weighted by atomic mass is 9.92. The van der Waals surface area contributed by atoms with Crippen LogP contribution in [0.25, 0.3) is 172 Å². The number of nitrogens with zero attached hydrogens (tertiary/aromatic N) is 5. The Labute approximate surface area is 524 Å². The van der Waals surface area contributed by atoms with Gasteiger partial charge in [-0.25, -0.2) is 24.9 Å². The molecular weight excluding hydrogens is 1140 g/mol. The van der Waals surface area contributed by atoms with Crippen molar-refractivity contribution < 1.29 is 0 Å². The highest BCUT2D eigenvalue weighted by Crippen LogP contribution is 2.44. The van der Waals surface area contributed by atoms with E-state index in [9.17, 15) is 0 Å². The lowest BCUT2D eigenvalue weighted by Crippen LogP contribution is -1.94. The van der Waals surface area contributed by atoms with E-state index in [4.69, 9.17) is 24.9 Å². The molecule has 0 saturated carbocycles. The second kappa shape index (κ2) is 22.1. The van der Waals surface area contributed by atoms with Crippen LogP contribution in [0.15, 0.2) is 297 Å². The average Bonchev–Trinajstić information content (AvgIpc) is 1.80. The molecular formula is C81H49N5S3. The van der Waals surface area contributed by atoms with Crippen LogP contribution in [0.2, 0.25) is 0 Å². The van der Waals surface area contributed by atoms with Gasteiger partial charge < -0.3 is 0 Å². The molecule has 5 nitrogen and oxygen atoms in total. The lowest BCUT2D eigenvalue weighted by molar-refractivity contribution is 1.24. The summed E-state index contributed by atoms with van der Waals surface area (Å²) >= 11 is 5.18. The van der Waals surface area contributed by atoms with Gasteiger partial charge in [0.15, 0.2) is 11.6 Å². The van der Waals surface area contributed by atoms with Crippen molar-refractivity contribution in [3.8, 4) is 89.2 Å². The molecule has 0 aliphatic carbocycles. The van der Waals surface area contributed by atoms with E-state index in [0.29, 0.717) is 0 Å². The summed E-state index contributed by atoms with van der Waals surface area (Å²) in [4.78, 5) is 27.6. The molecule has 0 aliphatic heterocycles. The molecule has 0 bridgehead atoms. The second-order valence-electron chi connectivity index (χ2n) is 22.2. The average molecular weight is 1190 g/mol. The molecule has 0 aliphatic rings. The van der Waals surface area contributed by atoms with E-state index in [2.05, 4.69) is 279 Å². The molecule has 8 heteroatoms. The molecule has 0 saturated heterocycles. The van der Waals surface area contributed by atoms with Crippen molar-refractivity contribution in [2.24, 2.45) is 0 Å². The third kappa shape index (κ3) is 9.58. The van der Waals surface area contributed by atoms with Crippen molar-refractivity contribution in [3.63, 3.8) is 0 Å². The van der Waals surface area contributed by atoms with Gasteiger partial charge in [-0.1, -0.05) is 255 Å². The largest absolute Gasteiger partial charge is 0.236 e. The number of thiophene rings is 2. The Bertz CT molecular complexity index is 5670. The first kappa shape index (κ1) is 52.5. The maximum absolute atomic E-state index is 5.30. The predicted octanol–water partition coefficient (Wildman–Crippen LogP) is 23.1. The van der Waals surface area contributed by atoms with Crippen LogP contribution in [0, 0.1) is 0 Å². The van der Waals surface area contributed by atoms with E-state index in [1.165, 1.54) is 79.4 Å². The molecule has 5 aromatic heterocycles. The fourth-order valence-corrected chi connectivity index (χ4v) is 15.7. The number of benzene rings is 13. The van der Waals surface area contributed by atoms with E-state index < -0.39 is 0 Å². The number of hydrogen-bond acceptors (Lipinski definition) is 8. The highest BCUT2D eigenvalue weighted by Gasteiger charge is 2.20. The SMILES string of the molecule is c1ccc(-c2cccc(-c3nc(-c4ccc(-c5ccc6c7ccccc7c7ccccc7c6c5)cc4)c4c(n3)sc3ccccc34)c2)cc1.c1ccc(-c2cccc(-c3nc(-c4ccc(-c5nc6ccccc6s5)cc4)c4c(n3)sc3ccccc34)c2)cc1. The molecule has 89 heavy (non-hydrogen) atoms. The quantitative estimate of drug-likeness (QED) is 0.142. The summed E-state index contributed by atoms with van der Waals surface area (Å²) in [6.07, 6.45) is 0. The van der Waals surface area contributed by atoms with Gasteiger partial charge in [-0.2, -0.15) is 0 Å². The molecule has 18 aromatic rings. The molecule has 0 fully saturated rings. The number of hydrogen-bond donors (Lipinski definition) is 0. The number of para-hydroxylation sites is 1. The first-order chi connectivity index (χ1) is 44.1. The van der Waals surface area contributed by atoms with E-state index in [0.717, 1.165) is 92.9 Å². The first-order valence-electron chi connectivity index (χ1n) is 29.7. The summed E-state index contributed by atoms with van der Waals surface area (Å²) in [7, 11) is 0. The molecule has 0 spiro atoms. The molecule has 416 valence electrons. The van der Waals surface area contributed by atoms with Crippen LogP contribution in [-0.4, -0.2) is 24.9 Å². The van der Waals surface area contributed by atoms with Crippen molar-refractivity contribution in [2.75, 3.05) is 0 Å². The van der Waals surface area contributed by atoms with Crippen molar-refractivity contribution in [3.05, 3.63) is 297 Å². The number of aromatic nitrogens is 5. The van der Waals surface area contributed by atoms with Crippen molar-refractivity contribution in [1.82, 2.24) is 24.9 Å². The van der Waals surface area contributed by atoms with Crippen LogP contribution in [0.1, 0.15) is 0 Å². The van der Waals surface area contributed by atoms with Gasteiger partial charge in [0.05, 0.1) is 21.6 Å². The minimum atomic E-state index is 0.738.